The highest BCUT2D eigenvalue weighted by Gasteiger charge is 2.39. The average Bonchev–Trinajstić information content (AvgIpc) is 2.37. The SMILES string of the molecule is COC1(c2cc(F)cc(C(=O)NCCC(=O)O)c2)CCC1. The zero-order valence-electron chi connectivity index (χ0n) is 11.8. The van der Waals surface area contributed by atoms with E-state index in [9.17, 15) is 14.0 Å². The van der Waals surface area contributed by atoms with Gasteiger partial charge in [-0.2, -0.15) is 0 Å². The Morgan fingerprint density at radius 3 is 2.62 bits per heavy atom. The van der Waals surface area contributed by atoms with E-state index in [-0.39, 0.29) is 18.5 Å². The number of rotatable bonds is 6. The molecule has 0 bridgehead atoms. The van der Waals surface area contributed by atoms with Crippen LogP contribution in [0.15, 0.2) is 18.2 Å². The number of carbonyl (C=O) groups excluding carboxylic acids is 1. The fraction of sp³-hybridized carbons (Fsp3) is 0.467. The highest BCUT2D eigenvalue weighted by Crippen LogP contribution is 2.44. The zero-order chi connectivity index (χ0) is 15.5. The van der Waals surface area contributed by atoms with Crippen molar-refractivity contribution >= 4 is 11.9 Å². The summed E-state index contributed by atoms with van der Waals surface area (Å²) in [6.07, 6.45) is 2.43. The van der Waals surface area contributed by atoms with Gasteiger partial charge >= 0.3 is 5.97 Å². The molecular weight excluding hydrogens is 277 g/mol. The molecule has 2 N–H and O–H groups in total. The average molecular weight is 295 g/mol. The van der Waals surface area contributed by atoms with Crippen molar-refractivity contribution in [1.29, 1.82) is 0 Å². The lowest BCUT2D eigenvalue weighted by molar-refractivity contribution is -0.136. The molecule has 0 aromatic heterocycles. The molecule has 6 heteroatoms. The Morgan fingerprint density at radius 2 is 2.10 bits per heavy atom. The molecule has 114 valence electrons. The number of ether oxygens (including phenoxy) is 1. The predicted octanol–water partition coefficient (Wildman–Crippen LogP) is 2.06. The van der Waals surface area contributed by atoms with Crippen molar-refractivity contribution in [3.05, 3.63) is 35.1 Å². The van der Waals surface area contributed by atoms with E-state index >= 15 is 0 Å². The second kappa shape index (κ2) is 6.22. The highest BCUT2D eigenvalue weighted by atomic mass is 19.1. The molecule has 0 saturated heterocycles. The molecule has 1 fully saturated rings. The molecule has 1 amide bonds. The lowest BCUT2D eigenvalue weighted by Gasteiger charge is -2.41. The van der Waals surface area contributed by atoms with Gasteiger partial charge in [-0.25, -0.2) is 4.39 Å². The maximum atomic E-state index is 13.7. The van der Waals surface area contributed by atoms with Crippen LogP contribution in [0.3, 0.4) is 0 Å². The van der Waals surface area contributed by atoms with Crippen molar-refractivity contribution in [2.75, 3.05) is 13.7 Å². The van der Waals surface area contributed by atoms with Crippen LogP contribution in [0, 0.1) is 5.82 Å². The van der Waals surface area contributed by atoms with Crippen molar-refractivity contribution in [3.8, 4) is 0 Å². The Bertz CT molecular complexity index is 549. The van der Waals surface area contributed by atoms with Gasteiger partial charge in [0.1, 0.15) is 5.82 Å². The number of carboxylic acid groups (broad SMARTS) is 1. The Morgan fingerprint density at radius 1 is 1.38 bits per heavy atom. The summed E-state index contributed by atoms with van der Waals surface area (Å²) in [5.74, 6) is -1.98. The molecule has 21 heavy (non-hydrogen) atoms. The Labute approximate surface area is 122 Å². The fourth-order valence-corrected chi connectivity index (χ4v) is 2.48. The van der Waals surface area contributed by atoms with E-state index in [2.05, 4.69) is 5.32 Å². The molecule has 1 saturated carbocycles. The number of benzene rings is 1. The maximum Gasteiger partial charge on any atom is 0.305 e. The minimum Gasteiger partial charge on any atom is -0.481 e. The van der Waals surface area contributed by atoms with E-state index < -0.39 is 23.3 Å². The van der Waals surface area contributed by atoms with Crippen molar-refractivity contribution in [1.82, 2.24) is 5.32 Å². The second-order valence-corrected chi connectivity index (χ2v) is 5.18. The van der Waals surface area contributed by atoms with Gasteiger partial charge in [0.2, 0.25) is 0 Å². The summed E-state index contributed by atoms with van der Waals surface area (Å²) in [5.41, 5.74) is 0.330. The third-order valence-electron chi connectivity index (χ3n) is 3.86. The summed E-state index contributed by atoms with van der Waals surface area (Å²) >= 11 is 0. The van der Waals surface area contributed by atoms with Crippen molar-refractivity contribution < 1.29 is 23.8 Å². The molecule has 0 aliphatic heterocycles. The fourth-order valence-electron chi connectivity index (χ4n) is 2.48. The summed E-state index contributed by atoms with van der Waals surface area (Å²) in [6, 6.07) is 4.14. The third kappa shape index (κ3) is 3.39. The Hall–Kier alpha value is -1.95. The first-order valence-electron chi connectivity index (χ1n) is 6.83. The monoisotopic (exact) mass is 295 g/mol. The number of aliphatic carboxylic acids is 1. The van der Waals surface area contributed by atoms with Gasteiger partial charge in [0, 0.05) is 19.2 Å². The van der Waals surface area contributed by atoms with Gasteiger partial charge in [-0.3, -0.25) is 9.59 Å². The third-order valence-corrected chi connectivity index (χ3v) is 3.86. The normalized spacial score (nSPS) is 16.1. The van der Waals surface area contributed by atoms with Crippen LogP contribution in [0.4, 0.5) is 4.39 Å². The molecule has 1 aliphatic rings. The quantitative estimate of drug-likeness (QED) is 0.842. The van der Waals surface area contributed by atoms with Gasteiger partial charge in [0.05, 0.1) is 12.0 Å². The Balaban J connectivity index is 2.15. The van der Waals surface area contributed by atoms with E-state index in [1.165, 1.54) is 6.07 Å². The van der Waals surface area contributed by atoms with Crippen LogP contribution in [-0.2, 0) is 15.1 Å². The van der Waals surface area contributed by atoms with E-state index in [4.69, 9.17) is 9.84 Å². The number of methoxy groups -OCH3 is 1. The summed E-state index contributed by atoms with van der Waals surface area (Å²) in [4.78, 5) is 22.4. The predicted molar refractivity (Wildman–Crippen MR) is 73.5 cm³/mol. The molecule has 1 aliphatic carbocycles. The number of nitrogens with one attached hydrogen (secondary N) is 1. The van der Waals surface area contributed by atoms with Gasteiger partial charge in [-0.05, 0) is 43.0 Å². The Kier molecular flexibility index (Phi) is 4.57. The van der Waals surface area contributed by atoms with Gasteiger partial charge in [0.25, 0.3) is 5.91 Å². The molecular formula is C15H18FNO4. The van der Waals surface area contributed by atoms with E-state index in [0.717, 1.165) is 25.3 Å². The first kappa shape index (κ1) is 15.4. The van der Waals surface area contributed by atoms with E-state index in [0.29, 0.717) is 5.56 Å². The number of hydrogen-bond acceptors (Lipinski definition) is 3. The minimum absolute atomic E-state index is 0.00936. The van der Waals surface area contributed by atoms with Crippen molar-refractivity contribution in [2.24, 2.45) is 0 Å². The number of hydrogen-bond donors (Lipinski definition) is 2. The molecule has 0 heterocycles. The van der Waals surface area contributed by atoms with Crippen LogP contribution in [0.2, 0.25) is 0 Å². The minimum atomic E-state index is -0.997. The molecule has 2 rings (SSSR count). The molecule has 1 aromatic carbocycles. The molecule has 0 atom stereocenters. The zero-order valence-corrected chi connectivity index (χ0v) is 11.8. The second-order valence-electron chi connectivity index (χ2n) is 5.18. The maximum absolute atomic E-state index is 13.7. The van der Waals surface area contributed by atoms with Gasteiger partial charge in [-0.15, -0.1) is 0 Å². The molecule has 5 nitrogen and oxygen atoms in total. The lowest BCUT2D eigenvalue weighted by Crippen LogP contribution is -2.36. The highest BCUT2D eigenvalue weighted by molar-refractivity contribution is 5.94. The van der Waals surface area contributed by atoms with Gasteiger partial charge < -0.3 is 15.2 Å². The van der Waals surface area contributed by atoms with Crippen LogP contribution in [-0.4, -0.2) is 30.6 Å². The number of carbonyl (C=O) groups is 2. The van der Waals surface area contributed by atoms with Crippen LogP contribution in [0.5, 0.6) is 0 Å². The topological polar surface area (TPSA) is 75.6 Å². The number of amides is 1. The summed E-state index contributed by atoms with van der Waals surface area (Å²) in [5, 5.41) is 11.0. The summed E-state index contributed by atoms with van der Waals surface area (Å²) in [6.45, 7) is 0.00936. The molecule has 0 radical (unpaired) electrons. The summed E-state index contributed by atoms with van der Waals surface area (Å²) in [7, 11) is 1.58. The van der Waals surface area contributed by atoms with Crippen molar-refractivity contribution in [3.63, 3.8) is 0 Å². The molecule has 1 aromatic rings. The van der Waals surface area contributed by atoms with E-state index in [1.54, 1.807) is 13.2 Å². The van der Waals surface area contributed by atoms with Crippen molar-refractivity contribution in [2.45, 2.75) is 31.3 Å². The van der Waals surface area contributed by atoms with E-state index in [1.807, 2.05) is 0 Å². The number of halogens is 1. The van der Waals surface area contributed by atoms with Crippen LogP contribution in [0.1, 0.15) is 41.6 Å². The van der Waals surface area contributed by atoms with Gasteiger partial charge in [0.15, 0.2) is 0 Å². The van der Waals surface area contributed by atoms with Gasteiger partial charge in [-0.1, -0.05) is 0 Å². The van der Waals surface area contributed by atoms with Crippen LogP contribution >= 0.6 is 0 Å². The standard InChI is InChI=1S/C15H18FNO4/c1-21-15(4-2-5-15)11-7-10(8-12(16)9-11)14(20)17-6-3-13(18)19/h7-9H,2-6H2,1H3,(H,17,20)(H,18,19). The molecule has 0 unspecified atom stereocenters. The first-order valence-corrected chi connectivity index (χ1v) is 6.83. The summed E-state index contributed by atoms with van der Waals surface area (Å²) < 4.78 is 19.2. The largest absolute Gasteiger partial charge is 0.481 e. The number of carboxylic acids is 1. The first-order chi connectivity index (χ1) is 9.97. The smallest absolute Gasteiger partial charge is 0.305 e. The van der Waals surface area contributed by atoms with Crippen LogP contribution in [0.25, 0.3) is 0 Å². The van der Waals surface area contributed by atoms with Crippen LogP contribution < -0.4 is 5.32 Å². The molecule has 0 spiro atoms. The lowest BCUT2D eigenvalue weighted by atomic mass is 9.74.